The maximum absolute atomic E-state index is 11.3. The number of hydrogen-bond donors (Lipinski definition) is 2. The first kappa shape index (κ1) is 17.9. The first-order chi connectivity index (χ1) is 12.5. The van der Waals surface area contributed by atoms with Gasteiger partial charge in [-0.2, -0.15) is 0 Å². The van der Waals surface area contributed by atoms with Gasteiger partial charge in [0, 0.05) is 10.4 Å². The van der Waals surface area contributed by atoms with Crippen LogP contribution in [0.4, 0.5) is 10.8 Å². The second-order valence-corrected chi connectivity index (χ2v) is 7.09. The van der Waals surface area contributed by atoms with E-state index in [1.165, 1.54) is 11.3 Å². The molecule has 134 valence electrons. The van der Waals surface area contributed by atoms with Gasteiger partial charge in [0.2, 0.25) is 0 Å². The molecule has 6 heteroatoms. The summed E-state index contributed by atoms with van der Waals surface area (Å²) in [7, 11) is 1.61. The number of aromatic nitrogens is 1. The average molecular weight is 368 g/mol. The second-order valence-electron chi connectivity index (χ2n) is 6.00. The van der Waals surface area contributed by atoms with Gasteiger partial charge in [0.1, 0.15) is 5.75 Å². The predicted octanol–water partition coefficient (Wildman–Crippen LogP) is 4.81. The van der Waals surface area contributed by atoms with Crippen LogP contribution in [0, 0.1) is 13.8 Å². The van der Waals surface area contributed by atoms with Crippen LogP contribution in [0.1, 0.15) is 16.0 Å². The number of thiazole rings is 1. The van der Waals surface area contributed by atoms with Crippen LogP contribution in [-0.2, 0) is 11.2 Å². The maximum atomic E-state index is 11.3. The van der Waals surface area contributed by atoms with Gasteiger partial charge in [-0.25, -0.2) is 4.98 Å². The maximum Gasteiger partial charge on any atom is 0.308 e. The molecule has 0 fully saturated rings. The predicted molar refractivity (Wildman–Crippen MR) is 105 cm³/mol. The molecule has 2 N–H and O–H groups in total. The summed E-state index contributed by atoms with van der Waals surface area (Å²) in [6.45, 7) is 4.05. The van der Waals surface area contributed by atoms with Crippen LogP contribution >= 0.6 is 11.3 Å². The molecule has 2 aromatic carbocycles. The largest absolute Gasteiger partial charge is 0.495 e. The third-order valence-corrected chi connectivity index (χ3v) is 4.97. The Hall–Kier alpha value is -2.86. The third kappa shape index (κ3) is 3.86. The van der Waals surface area contributed by atoms with E-state index in [4.69, 9.17) is 4.74 Å². The average Bonchev–Trinajstić information content (AvgIpc) is 2.96. The molecule has 0 amide bonds. The minimum Gasteiger partial charge on any atom is -0.495 e. The summed E-state index contributed by atoms with van der Waals surface area (Å²) in [5.41, 5.74) is 4.70. The van der Waals surface area contributed by atoms with Crippen molar-refractivity contribution in [2.45, 2.75) is 20.3 Å². The third-order valence-electron chi connectivity index (χ3n) is 3.99. The Morgan fingerprint density at radius 2 is 2.00 bits per heavy atom. The van der Waals surface area contributed by atoms with Crippen molar-refractivity contribution in [2.24, 2.45) is 0 Å². The highest BCUT2D eigenvalue weighted by Gasteiger charge is 2.18. The van der Waals surface area contributed by atoms with E-state index in [9.17, 15) is 9.90 Å². The normalized spacial score (nSPS) is 10.6. The van der Waals surface area contributed by atoms with Crippen molar-refractivity contribution in [2.75, 3.05) is 12.4 Å². The summed E-state index contributed by atoms with van der Waals surface area (Å²) >= 11 is 1.35. The molecule has 0 aliphatic carbocycles. The summed E-state index contributed by atoms with van der Waals surface area (Å²) < 4.78 is 5.36. The number of aryl methyl sites for hydroxylation is 2. The van der Waals surface area contributed by atoms with E-state index in [2.05, 4.69) is 16.4 Å². The number of ether oxygens (including phenoxy) is 1. The number of anilines is 2. The number of para-hydroxylation sites is 2. The summed E-state index contributed by atoms with van der Waals surface area (Å²) in [5, 5.41) is 13.2. The first-order valence-corrected chi connectivity index (χ1v) is 8.98. The summed E-state index contributed by atoms with van der Waals surface area (Å²) in [4.78, 5) is 16.7. The van der Waals surface area contributed by atoms with E-state index < -0.39 is 5.97 Å². The molecule has 0 aliphatic heterocycles. The van der Waals surface area contributed by atoms with Gasteiger partial charge < -0.3 is 15.2 Å². The fourth-order valence-electron chi connectivity index (χ4n) is 2.82. The van der Waals surface area contributed by atoms with Crippen molar-refractivity contribution >= 4 is 28.1 Å². The van der Waals surface area contributed by atoms with E-state index in [1.54, 1.807) is 7.11 Å². The SMILES string of the molecule is COc1ccccc1Nc1nc(-c2ccc(C)cc2C)c(CC(=O)O)s1. The van der Waals surface area contributed by atoms with Gasteiger partial charge in [-0.15, -0.1) is 11.3 Å². The van der Waals surface area contributed by atoms with Gasteiger partial charge in [-0.05, 0) is 31.5 Å². The Kier molecular flexibility index (Phi) is 5.23. The molecular weight excluding hydrogens is 348 g/mol. The molecule has 1 heterocycles. The Balaban J connectivity index is 2.03. The molecule has 0 atom stereocenters. The number of benzene rings is 2. The molecule has 1 aromatic heterocycles. The highest BCUT2D eigenvalue weighted by molar-refractivity contribution is 7.16. The zero-order valence-corrected chi connectivity index (χ0v) is 15.7. The van der Waals surface area contributed by atoms with Crippen LogP contribution in [0.25, 0.3) is 11.3 Å². The number of nitrogens with zero attached hydrogens (tertiary/aromatic N) is 1. The van der Waals surface area contributed by atoms with Gasteiger partial charge in [0.25, 0.3) is 0 Å². The molecule has 0 radical (unpaired) electrons. The second kappa shape index (κ2) is 7.58. The minimum absolute atomic E-state index is 0.0616. The molecule has 5 nitrogen and oxygen atoms in total. The smallest absolute Gasteiger partial charge is 0.308 e. The lowest BCUT2D eigenvalue weighted by molar-refractivity contribution is -0.136. The Morgan fingerprint density at radius 1 is 1.23 bits per heavy atom. The number of carbonyl (C=O) groups is 1. The minimum atomic E-state index is -0.872. The number of nitrogens with one attached hydrogen (secondary N) is 1. The van der Waals surface area contributed by atoms with Crippen molar-refractivity contribution in [1.82, 2.24) is 4.98 Å². The number of rotatable bonds is 6. The van der Waals surface area contributed by atoms with Crippen molar-refractivity contribution in [3.8, 4) is 17.0 Å². The zero-order chi connectivity index (χ0) is 18.7. The van der Waals surface area contributed by atoms with Gasteiger partial charge in [0.05, 0.1) is 24.9 Å². The highest BCUT2D eigenvalue weighted by atomic mass is 32.1. The standard InChI is InChI=1S/C20H20N2O3S/c1-12-8-9-14(13(2)10-12)19-17(11-18(23)24)26-20(22-19)21-15-6-4-5-7-16(15)25-3/h4-10H,11H2,1-3H3,(H,21,22)(H,23,24). The molecule has 0 bridgehead atoms. The fraction of sp³-hybridized carbons (Fsp3) is 0.200. The van der Waals surface area contributed by atoms with E-state index in [0.29, 0.717) is 16.6 Å². The highest BCUT2D eigenvalue weighted by Crippen LogP contribution is 2.36. The quantitative estimate of drug-likeness (QED) is 0.653. The van der Waals surface area contributed by atoms with Crippen LogP contribution < -0.4 is 10.1 Å². The molecule has 3 aromatic rings. The number of carboxylic acids is 1. The van der Waals surface area contributed by atoms with Gasteiger partial charge in [-0.1, -0.05) is 35.9 Å². The molecule has 0 unspecified atom stereocenters. The van der Waals surface area contributed by atoms with Gasteiger partial charge in [-0.3, -0.25) is 4.79 Å². The van der Waals surface area contributed by atoms with Crippen molar-refractivity contribution in [3.63, 3.8) is 0 Å². The summed E-state index contributed by atoms with van der Waals surface area (Å²) in [6.07, 6.45) is -0.0616. The fourth-order valence-corrected chi connectivity index (χ4v) is 3.79. The van der Waals surface area contributed by atoms with Crippen molar-refractivity contribution < 1.29 is 14.6 Å². The van der Waals surface area contributed by atoms with Crippen LogP contribution in [0.3, 0.4) is 0 Å². The zero-order valence-electron chi connectivity index (χ0n) is 14.9. The molecule has 26 heavy (non-hydrogen) atoms. The lowest BCUT2D eigenvalue weighted by atomic mass is 10.0. The Bertz CT molecular complexity index is 950. The molecular formula is C20H20N2O3S. The number of methoxy groups -OCH3 is 1. The number of hydrogen-bond acceptors (Lipinski definition) is 5. The number of carboxylic acid groups (broad SMARTS) is 1. The lowest BCUT2D eigenvalue weighted by Crippen LogP contribution is -2.00. The lowest BCUT2D eigenvalue weighted by Gasteiger charge is -2.08. The Labute approximate surface area is 156 Å². The molecule has 0 saturated carbocycles. The van der Waals surface area contributed by atoms with E-state index in [-0.39, 0.29) is 6.42 Å². The van der Waals surface area contributed by atoms with Crippen molar-refractivity contribution in [3.05, 3.63) is 58.5 Å². The number of aliphatic carboxylic acids is 1. The van der Waals surface area contributed by atoms with Gasteiger partial charge in [0.15, 0.2) is 5.13 Å². The summed E-state index contributed by atoms with van der Waals surface area (Å²) in [5.74, 6) is -0.168. The van der Waals surface area contributed by atoms with E-state index in [1.807, 2.05) is 50.2 Å². The van der Waals surface area contributed by atoms with Crippen LogP contribution in [0.5, 0.6) is 5.75 Å². The topological polar surface area (TPSA) is 71.5 Å². The van der Waals surface area contributed by atoms with Crippen molar-refractivity contribution in [1.29, 1.82) is 0 Å². The van der Waals surface area contributed by atoms with E-state index in [0.717, 1.165) is 27.3 Å². The van der Waals surface area contributed by atoms with E-state index >= 15 is 0 Å². The molecule has 0 spiro atoms. The monoisotopic (exact) mass is 368 g/mol. The first-order valence-electron chi connectivity index (χ1n) is 8.17. The molecule has 0 saturated heterocycles. The van der Waals surface area contributed by atoms with Crippen LogP contribution in [0.15, 0.2) is 42.5 Å². The van der Waals surface area contributed by atoms with Crippen LogP contribution in [-0.4, -0.2) is 23.2 Å². The van der Waals surface area contributed by atoms with Gasteiger partial charge >= 0.3 is 5.97 Å². The Morgan fingerprint density at radius 3 is 2.69 bits per heavy atom. The molecule has 3 rings (SSSR count). The summed E-state index contributed by atoms with van der Waals surface area (Å²) in [6, 6.07) is 13.6. The van der Waals surface area contributed by atoms with Crippen LogP contribution in [0.2, 0.25) is 0 Å². The molecule has 0 aliphatic rings.